The molecule has 1 aromatic rings. The molecule has 2 N–H and O–H groups in total. The molecular formula is C13H16O4. The van der Waals surface area contributed by atoms with Crippen molar-refractivity contribution in [3.05, 3.63) is 35.4 Å². The average molecular weight is 236 g/mol. The van der Waals surface area contributed by atoms with E-state index in [4.69, 9.17) is 9.84 Å². The van der Waals surface area contributed by atoms with E-state index in [-0.39, 0.29) is 5.60 Å². The minimum absolute atomic E-state index is 0.00701. The van der Waals surface area contributed by atoms with Gasteiger partial charge in [0.15, 0.2) is 6.10 Å². The van der Waals surface area contributed by atoms with Crippen molar-refractivity contribution in [1.29, 1.82) is 0 Å². The number of benzene rings is 1. The lowest BCUT2D eigenvalue weighted by Gasteiger charge is -2.13. The third kappa shape index (κ3) is 2.65. The van der Waals surface area contributed by atoms with E-state index in [1.54, 1.807) is 19.2 Å². The quantitative estimate of drug-likeness (QED) is 0.813. The number of carboxylic acid groups (broad SMARTS) is 1. The largest absolute Gasteiger partial charge is 0.479 e. The standard InChI is InChI=1S/C13H16O4/c1-17-13(6-7-13)8-9-2-4-10(5-3-9)11(14)12(15)16/h2-5,11,14H,6-8H2,1H3,(H,15,16). The Hall–Kier alpha value is -1.39. The van der Waals surface area contributed by atoms with Crippen molar-refractivity contribution in [2.45, 2.75) is 31.0 Å². The topological polar surface area (TPSA) is 66.8 Å². The number of aliphatic hydroxyl groups is 1. The SMILES string of the molecule is COC1(Cc2ccc(C(O)C(=O)O)cc2)CC1. The van der Waals surface area contributed by atoms with Gasteiger partial charge in [-0.25, -0.2) is 4.79 Å². The highest BCUT2D eigenvalue weighted by molar-refractivity contribution is 5.73. The Labute approximate surface area is 99.8 Å². The van der Waals surface area contributed by atoms with Crippen LogP contribution in [0.4, 0.5) is 0 Å². The van der Waals surface area contributed by atoms with E-state index in [1.165, 1.54) is 0 Å². The minimum atomic E-state index is -1.44. The fourth-order valence-corrected chi connectivity index (χ4v) is 1.92. The molecule has 17 heavy (non-hydrogen) atoms. The molecule has 0 aliphatic heterocycles. The molecule has 1 atom stereocenters. The zero-order valence-electron chi connectivity index (χ0n) is 9.72. The molecule has 1 aliphatic carbocycles. The molecule has 0 amide bonds. The molecule has 1 aromatic carbocycles. The number of carbonyl (C=O) groups is 1. The number of carboxylic acids is 1. The van der Waals surface area contributed by atoms with Gasteiger partial charge in [0.2, 0.25) is 0 Å². The van der Waals surface area contributed by atoms with Crippen LogP contribution in [-0.4, -0.2) is 28.9 Å². The fourth-order valence-electron chi connectivity index (χ4n) is 1.92. The summed E-state index contributed by atoms with van der Waals surface area (Å²) in [4.78, 5) is 10.6. The van der Waals surface area contributed by atoms with Crippen LogP contribution in [0, 0.1) is 0 Å². The Morgan fingerprint density at radius 3 is 2.41 bits per heavy atom. The summed E-state index contributed by atoms with van der Waals surface area (Å²) in [7, 11) is 1.72. The number of rotatable bonds is 5. The van der Waals surface area contributed by atoms with E-state index in [0.29, 0.717) is 5.56 Å². The van der Waals surface area contributed by atoms with Crippen LogP contribution in [0.2, 0.25) is 0 Å². The van der Waals surface area contributed by atoms with E-state index in [9.17, 15) is 9.90 Å². The highest BCUT2D eigenvalue weighted by Gasteiger charge is 2.42. The van der Waals surface area contributed by atoms with Gasteiger partial charge >= 0.3 is 5.97 Å². The van der Waals surface area contributed by atoms with Crippen LogP contribution in [0.1, 0.15) is 30.1 Å². The van der Waals surface area contributed by atoms with Crippen molar-refractivity contribution in [1.82, 2.24) is 0 Å². The predicted octanol–water partition coefficient (Wildman–Crippen LogP) is 1.53. The maximum Gasteiger partial charge on any atom is 0.337 e. The average Bonchev–Trinajstić information content (AvgIpc) is 3.09. The predicted molar refractivity (Wildman–Crippen MR) is 61.7 cm³/mol. The number of ether oxygens (including phenoxy) is 1. The Morgan fingerprint density at radius 1 is 1.41 bits per heavy atom. The summed E-state index contributed by atoms with van der Waals surface area (Å²) >= 11 is 0. The maximum atomic E-state index is 10.6. The Bertz CT molecular complexity index is 406. The molecule has 0 radical (unpaired) electrons. The van der Waals surface area contributed by atoms with Gasteiger partial charge in [-0.2, -0.15) is 0 Å². The molecule has 0 heterocycles. The molecule has 0 saturated heterocycles. The third-order valence-corrected chi connectivity index (χ3v) is 3.30. The lowest BCUT2D eigenvalue weighted by molar-refractivity contribution is -0.146. The van der Waals surface area contributed by atoms with Crippen LogP contribution in [0.3, 0.4) is 0 Å². The van der Waals surface area contributed by atoms with Crippen LogP contribution in [0.15, 0.2) is 24.3 Å². The molecule has 4 heteroatoms. The van der Waals surface area contributed by atoms with Crippen LogP contribution < -0.4 is 0 Å². The van der Waals surface area contributed by atoms with E-state index >= 15 is 0 Å². The first-order valence-corrected chi connectivity index (χ1v) is 5.61. The summed E-state index contributed by atoms with van der Waals surface area (Å²) in [5.74, 6) is -1.23. The monoisotopic (exact) mass is 236 g/mol. The second-order valence-electron chi connectivity index (χ2n) is 4.55. The van der Waals surface area contributed by atoms with Gasteiger partial charge in [-0.05, 0) is 24.0 Å². The molecule has 1 saturated carbocycles. The zero-order valence-corrected chi connectivity index (χ0v) is 9.72. The second kappa shape index (κ2) is 4.47. The Kier molecular flexibility index (Phi) is 3.17. The summed E-state index contributed by atoms with van der Waals surface area (Å²) in [6, 6.07) is 7.00. The lowest BCUT2D eigenvalue weighted by atomic mass is 10.0. The highest BCUT2D eigenvalue weighted by Crippen LogP contribution is 2.41. The first-order valence-electron chi connectivity index (χ1n) is 5.61. The van der Waals surface area contributed by atoms with E-state index in [0.717, 1.165) is 24.8 Å². The van der Waals surface area contributed by atoms with Crippen LogP contribution in [-0.2, 0) is 16.0 Å². The van der Waals surface area contributed by atoms with Gasteiger partial charge in [0.05, 0.1) is 5.60 Å². The third-order valence-electron chi connectivity index (χ3n) is 3.30. The number of aliphatic carboxylic acids is 1. The van der Waals surface area contributed by atoms with Crippen LogP contribution in [0.25, 0.3) is 0 Å². The summed E-state index contributed by atoms with van der Waals surface area (Å²) in [5.41, 5.74) is 1.50. The van der Waals surface area contributed by atoms with E-state index in [2.05, 4.69) is 0 Å². The Morgan fingerprint density at radius 2 is 2.00 bits per heavy atom. The van der Waals surface area contributed by atoms with Crippen molar-refractivity contribution in [3.8, 4) is 0 Å². The van der Waals surface area contributed by atoms with Crippen LogP contribution >= 0.6 is 0 Å². The molecule has 1 aliphatic rings. The zero-order chi connectivity index (χ0) is 12.5. The summed E-state index contributed by atoms with van der Waals surface area (Å²) < 4.78 is 5.43. The molecular weight excluding hydrogens is 220 g/mol. The van der Waals surface area contributed by atoms with Gasteiger partial charge < -0.3 is 14.9 Å². The second-order valence-corrected chi connectivity index (χ2v) is 4.55. The molecule has 92 valence electrons. The number of methoxy groups -OCH3 is 1. The van der Waals surface area contributed by atoms with Gasteiger partial charge in [0.1, 0.15) is 0 Å². The lowest BCUT2D eigenvalue weighted by Crippen LogP contribution is -2.15. The summed E-state index contributed by atoms with van der Waals surface area (Å²) in [5, 5.41) is 18.0. The molecule has 1 unspecified atom stereocenters. The van der Waals surface area contributed by atoms with Crippen LogP contribution in [0.5, 0.6) is 0 Å². The normalized spacial score (nSPS) is 18.7. The molecule has 2 rings (SSSR count). The molecule has 4 nitrogen and oxygen atoms in total. The van der Waals surface area contributed by atoms with Crippen molar-refractivity contribution in [2.75, 3.05) is 7.11 Å². The van der Waals surface area contributed by atoms with Gasteiger partial charge in [0, 0.05) is 13.5 Å². The number of aliphatic hydroxyl groups excluding tert-OH is 1. The highest BCUT2D eigenvalue weighted by atomic mass is 16.5. The van der Waals surface area contributed by atoms with E-state index < -0.39 is 12.1 Å². The summed E-state index contributed by atoms with van der Waals surface area (Å²) in [6.07, 6.45) is 1.54. The van der Waals surface area contributed by atoms with Gasteiger partial charge in [-0.1, -0.05) is 24.3 Å². The van der Waals surface area contributed by atoms with Gasteiger partial charge in [0.25, 0.3) is 0 Å². The van der Waals surface area contributed by atoms with Crippen molar-refractivity contribution in [3.63, 3.8) is 0 Å². The number of hydrogen-bond donors (Lipinski definition) is 2. The van der Waals surface area contributed by atoms with Crippen molar-refractivity contribution in [2.24, 2.45) is 0 Å². The smallest absolute Gasteiger partial charge is 0.337 e. The molecule has 0 bridgehead atoms. The summed E-state index contributed by atoms with van der Waals surface area (Å²) in [6.45, 7) is 0. The minimum Gasteiger partial charge on any atom is -0.479 e. The van der Waals surface area contributed by atoms with E-state index in [1.807, 2.05) is 12.1 Å². The molecule has 1 fully saturated rings. The van der Waals surface area contributed by atoms with Crippen molar-refractivity contribution < 1.29 is 19.7 Å². The first kappa shape index (κ1) is 12.1. The molecule has 0 aromatic heterocycles. The van der Waals surface area contributed by atoms with Gasteiger partial charge in [-0.15, -0.1) is 0 Å². The first-order chi connectivity index (χ1) is 8.06. The van der Waals surface area contributed by atoms with Crippen molar-refractivity contribution >= 4 is 5.97 Å². The number of hydrogen-bond acceptors (Lipinski definition) is 3. The molecule has 0 spiro atoms. The fraction of sp³-hybridized carbons (Fsp3) is 0.462. The van der Waals surface area contributed by atoms with Gasteiger partial charge in [-0.3, -0.25) is 0 Å². The Balaban J connectivity index is 2.05. The maximum absolute atomic E-state index is 10.6.